The Morgan fingerprint density at radius 3 is 2.10 bits per heavy atom. The minimum Gasteiger partial charge on any atom is -0.855 e. The van der Waals surface area contributed by atoms with E-state index in [2.05, 4.69) is 49.9 Å². The molecule has 0 radical (unpaired) electrons. The maximum atomic E-state index is 8.93. The molecule has 0 spiro atoms. The topological polar surface area (TPSA) is 72.1 Å². The smallest absolute Gasteiger partial charge is 0.0809 e. The molecule has 1 aromatic rings. The molecule has 3 nitrogen and oxygen atoms in total. The van der Waals surface area contributed by atoms with Crippen LogP contribution in [-0.2, 0) is 0 Å². The van der Waals surface area contributed by atoms with E-state index in [0.717, 1.165) is 0 Å². The van der Waals surface area contributed by atoms with Crippen molar-refractivity contribution in [2.75, 3.05) is 22.7 Å². The first-order chi connectivity index (χ1) is 9.58. The summed E-state index contributed by atoms with van der Waals surface area (Å²) in [6.07, 6.45) is 0. The van der Waals surface area contributed by atoms with Crippen molar-refractivity contribution in [3.8, 4) is 0 Å². The van der Waals surface area contributed by atoms with Gasteiger partial charge in [0.2, 0.25) is 0 Å². The molecule has 114 valence electrons. The van der Waals surface area contributed by atoms with Crippen molar-refractivity contribution < 1.29 is 10.2 Å². The van der Waals surface area contributed by atoms with E-state index in [-0.39, 0.29) is 19.3 Å². The van der Waals surface area contributed by atoms with Crippen molar-refractivity contribution in [2.24, 2.45) is 5.73 Å². The van der Waals surface area contributed by atoms with Gasteiger partial charge in [0.25, 0.3) is 0 Å². The van der Waals surface area contributed by atoms with Gasteiger partial charge < -0.3 is 10.2 Å². The third-order valence-electron chi connectivity index (χ3n) is 2.02. The number of nitrogens with two attached hydrogens (primary N) is 1. The molecule has 1 unspecified atom stereocenters. The first-order valence-corrected chi connectivity index (χ1v) is 11.5. The van der Waals surface area contributed by atoms with Gasteiger partial charge in [0.05, 0.1) is 0 Å². The maximum Gasteiger partial charge on any atom is -0.0809 e. The van der Waals surface area contributed by atoms with Gasteiger partial charge in [-0.15, -0.1) is 13.2 Å². The molecule has 20 heavy (non-hydrogen) atoms. The van der Waals surface area contributed by atoms with Gasteiger partial charge in [-0.05, 0) is 0 Å². The summed E-state index contributed by atoms with van der Waals surface area (Å²) in [6.45, 7) is 7.44. The third kappa shape index (κ3) is 13.2. The molecule has 0 amide bonds. The molecule has 0 aromatic heterocycles. The number of benzene rings is 1. The second kappa shape index (κ2) is 17.3. The average molecular weight is 404 g/mol. The Labute approximate surface area is 138 Å². The molecular formula is C15H27NO2SSn. The average Bonchev–Trinajstić information content (AvgIpc) is 2.41. The Hall–Kier alpha value is 0.249. The van der Waals surface area contributed by atoms with Gasteiger partial charge in [-0.1, -0.05) is 13.8 Å². The van der Waals surface area contributed by atoms with Gasteiger partial charge in [-0.2, -0.15) is 0 Å². The molecule has 5 heteroatoms. The Kier molecular flexibility index (Phi) is 19.5. The molecule has 0 fully saturated rings. The van der Waals surface area contributed by atoms with E-state index < -0.39 is 21.1 Å². The number of hydrogen-bond donors (Lipinski definition) is 1. The van der Waals surface area contributed by atoms with Gasteiger partial charge in [-0.25, -0.2) is 0 Å². The van der Waals surface area contributed by atoms with Gasteiger partial charge in [-0.3, -0.25) is 0 Å². The molecule has 0 aliphatic rings. The van der Waals surface area contributed by atoms with E-state index in [4.69, 9.17) is 15.9 Å². The summed E-state index contributed by atoms with van der Waals surface area (Å²) < 4.78 is 2.94. The van der Waals surface area contributed by atoms with Crippen LogP contribution in [0.25, 0.3) is 0 Å². The van der Waals surface area contributed by atoms with E-state index in [0.29, 0.717) is 0 Å². The summed E-state index contributed by atoms with van der Waals surface area (Å²) in [5.74, 6) is 1.24. The second-order valence-corrected chi connectivity index (χ2v) is 10.1. The zero-order chi connectivity index (χ0) is 15.8. The predicted octanol–water partition coefficient (Wildman–Crippen LogP) is 0.480. The Morgan fingerprint density at radius 2 is 1.65 bits per heavy atom. The predicted molar refractivity (Wildman–Crippen MR) is 88.5 cm³/mol. The second-order valence-electron chi connectivity index (χ2n) is 3.77. The first-order valence-electron chi connectivity index (χ1n) is 6.91. The maximum absolute atomic E-state index is 8.93. The van der Waals surface area contributed by atoms with Crippen LogP contribution in [-0.4, -0.2) is 43.9 Å². The van der Waals surface area contributed by atoms with Crippen molar-refractivity contribution in [2.45, 2.75) is 33.7 Å². The van der Waals surface area contributed by atoms with Crippen LogP contribution < -0.4 is 19.5 Å². The molecule has 2 N–H and O–H groups in total. The molecule has 0 saturated carbocycles. The third-order valence-corrected chi connectivity index (χ3v) is 8.15. The molecule has 1 rings (SSSR count). The molecule has 1 atom stereocenters. The fourth-order valence-corrected chi connectivity index (χ4v) is 7.78. The van der Waals surface area contributed by atoms with Crippen LogP contribution >= 0.6 is 11.8 Å². The molecule has 0 aliphatic heterocycles. The van der Waals surface area contributed by atoms with Crippen molar-refractivity contribution >= 4 is 36.5 Å². The van der Waals surface area contributed by atoms with Crippen molar-refractivity contribution in [1.82, 2.24) is 0 Å². The first kappa shape index (κ1) is 22.5. The van der Waals surface area contributed by atoms with E-state index in [1.54, 1.807) is 17.4 Å². The van der Waals surface area contributed by atoms with E-state index in [1.165, 1.54) is 15.1 Å². The van der Waals surface area contributed by atoms with Crippen molar-refractivity contribution in [1.29, 1.82) is 0 Å². The van der Waals surface area contributed by atoms with Crippen LogP contribution in [0.3, 0.4) is 0 Å². The zero-order valence-electron chi connectivity index (χ0n) is 13.0. The summed E-state index contributed by atoms with van der Waals surface area (Å²) in [7, 11) is 0. The Bertz CT molecular complexity index is 310. The number of thioether (sulfide) groups is 1. The van der Waals surface area contributed by atoms with Gasteiger partial charge >= 0.3 is 101 Å². The zero-order valence-corrected chi connectivity index (χ0v) is 16.7. The van der Waals surface area contributed by atoms with Crippen molar-refractivity contribution in [3.05, 3.63) is 29.8 Å². The summed E-state index contributed by atoms with van der Waals surface area (Å²) in [5.41, 5.74) is 7.31. The van der Waals surface area contributed by atoms with Crippen LogP contribution in [0, 0.1) is 0 Å². The van der Waals surface area contributed by atoms with Crippen LogP contribution in [0.5, 0.6) is 0 Å². The van der Waals surface area contributed by atoms with E-state index >= 15 is 0 Å². The normalized spacial score (nSPS) is 10.3. The van der Waals surface area contributed by atoms with Crippen molar-refractivity contribution in [3.63, 3.8) is 0 Å². The summed E-state index contributed by atoms with van der Waals surface area (Å²) >= 11 is 1.67. The Balaban J connectivity index is 0. The molecule has 0 heterocycles. The SMILES string of the molecule is CCS[CH2][Sn+2][c]1ccccc1C(C)N.CC[O-].CC[O-]. The van der Waals surface area contributed by atoms with E-state index in [9.17, 15) is 0 Å². The summed E-state index contributed by atoms with van der Waals surface area (Å²) in [6, 6.07) is 8.87. The summed E-state index contributed by atoms with van der Waals surface area (Å²) in [5, 5.41) is 17.9. The van der Waals surface area contributed by atoms with E-state index in [1.807, 2.05) is 0 Å². The van der Waals surface area contributed by atoms with Gasteiger partial charge in [0, 0.05) is 0 Å². The largest absolute Gasteiger partial charge is 0.855 e. The Morgan fingerprint density at radius 1 is 1.15 bits per heavy atom. The van der Waals surface area contributed by atoms with Gasteiger partial charge in [0.15, 0.2) is 0 Å². The fraction of sp³-hybridized carbons (Fsp3) is 0.600. The minimum absolute atomic E-state index is 0. The number of rotatable bonds is 5. The van der Waals surface area contributed by atoms with Crippen LogP contribution in [0.2, 0.25) is 0 Å². The van der Waals surface area contributed by atoms with Crippen LogP contribution in [0.1, 0.15) is 39.3 Å². The van der Waals surface area contributed by atoms with Crippen LogP contribution in [0.4, 0.5) is 0 Å². The fourth-order valence-electron chi connectivity index (χ4n) is 1.29. The summed E-state index contributed by atoms with van der Waals surface area (Å²) in [4.78, 5) is 0. The molecule has 0 saturated heterocycles. The number of hydrogen-bond acceptors (Lipinski definition) is 4. The van der Waals surface area contributed by atoms with Crippen LogP contribution in [0.15, 0.2) is 24.3 Å². The molecular weight excluding hydrogens is 377 g/mol. The quantitative estimate of drug-likeness (QED) is 0.573. The monoisotopic (exact) mass is 405 g/mol. The standard InChI is InChI=1S/C8H10N.C3H7S.2C2H5O.Sn/c1-7(9)8-5-3-2-4-6-8;1-3-4-2;2*1-2-3;/h2-5,7H,9H2,1H3;2-3H2,1H3;2*2H2,1H3;/q;;2*-1;+2. The minimum atomic E-state index is -0.390. The molecule has 0 aliphatic carbocycles. The van der Waals surface area contributed by atoms with Gasteiger partial charge in [0.1, 0.15) is 0 Å². The molecule has 1 aromatic carbocycles. The molecule has 0 bridgehead atoms.